The molecule has 0 spiro atoms. The third-order valence-electron chi connectivity index (χ3n) is 5.04. The van der Waals surface area contributed by atoms with Crippen LogP contribution >= 0.6 is 12.4 Å². The molecule has 0 bridgehead atoms. The molecule has 1 heterocycles. The van der Waals surface area contributed by atoms with Crippen LogP contribution in [0.4, 0.5) is 0 Å². The molecule has 1 aliphatic heterocycles. The minimum Gasteiger partial charge on any atom is -0.355 e. The van der Waals surface area contributed by atoms with Gasteiger partial charge in [-0.3, -0.25) is 9.69 Å². The highest BCUT2D eigenvalue weighted by Gasteiger charge is 2.24. The van der Waals surface area contributed by atoms with Gasteiger partial charge in [-0.05, 0) is 18.8 Å². The van der Waals surface area contributed by atoms with E-state index in [4.69, 9.17) is 0 Å². The van der Waals surface area contributed by atoms with Crippen molar-refractivity contribution in [2.75, 3.05) is 39.3 Å². The molecule has 0 aromatic heterocycles. The Kier molecular flexibility index (Phi) is 10.1. The first-order valence-electron chi connectivity index (χ1n) is 9.00. The number of hydrogen-bond donors (Lipinski definition) is 2. The molecule has 0 aromatic rings. The molecular formula is C17H34ClN3O. The molecule has 0 aromatic carbocycles. The predicted octanol–water partition coefficient (Wildman–Crippen LogP) is 2.43. The molecule has 0 radical (unpaired) electrons. The van der Waals surface area contributed by atoms with E-state index in [2.05, 4.69) is 22.5 Å². The van der Waals surface area contributed by atoms with Crippen LogP contribution in [0.15, 0.2) is 0 Å². The number of hydrogen-bond acceptors (Lipinski definition) is 3. The maximum atomic E-state index is 12.4. The molecule has 4 nitrogen and oxygen atoms in total. The highest BCUT2D eigenvalue weighted by Crippen LogP contribution is 2.31. The van der Waals surface area contributed by atoms with Crippen molar-refractivity contribution in [3.63, 3.8) is 0 Å². The standard InChI is InChI=1S/C17H33N3O.ClH/c1-2-5-16(14-15-6-3-4-7-15)17(21)19-10-13-20-11-8-18-9-12-20;/h15-16,18H,2-14H2,1H3,(H,19,21);1H. The molecule has 2 aliphatic rings. The largest absolute Gasteiger partial charge is 0.355 e. The number of nitrogens with one attached hydrogen (secondary N) is 2. The Morgan fingerprint density at radius 2 is 1.95 bits per heavy atom. The summed E-state index contributed by atoms with van der Waals surface area (Å²) in [7, 11) is 0. The van der Waals surface area contributed by atoms with Crippen LogP contribution in [0.25, 0.3) is 0 Å². The van der Waals surface area contributed by atoms with Crippen LogP contribution in [0.5, 0.6) is 0 Å². The summed E-state index contributed by atoms with van der Waals surface area (Å²) in [5, 5.41) is 6.55. The van der Waals surface area contributed by atoms with E-state index in [1.807, 2.05) is 0 Å². The second-order valence-corrected chi connectivity index (χ2v) is 6.75. The van der Waals surface area contributed by atoms with Crippen LogP contribution in [0.3, 0.4) is 0 Å². The maximum absolute atomic E-state index is 12.4. The van der Waals surface area contributed by atoms with Gasteiger partial charge in [0.25, 0.3) is 0 Å². The van der Waals surface area contributed by atoms with Gasteiger partial charge >= 0.3 is 0 Å². The van der Waals surface area contributed by atoms with Crippen molar-refractivity contribution < 1.29 is 4.79 Å². The molecule has 5 heteroatoms. The molecule has 1 atom stereocenters. The molecule has 1 saturated heterocycles. The van der Waals surface area contributed by atoms with Gasteiger partial charge in [0.2, 0.25) is 5.91 Å². The summed E-state index contributed by atoms with van der Waals surface area (Å²) in [4.78, 5) is 14.9. The summed E-state index contributed by atoms with van der Waals surface area (Å²) in [5.41, 5.74) is 0. The summed E-state index contributed by atoms with van der Waals surface area (Å²) in [5.74, 6) is 1.36. The fraction of sp³-hybridized carbons (Fsp3) is 0.941. The smallest absolute Gasteiger partial charge is 0.223 e. The number of carbonyl (C=O) groups is 1. The Morgan fingerprint density at radius 1 is 1.27 bits per heavy atom. The van der Waals surface area contributed by atoms with Gasteiger partial charge < -0.3 is 10.6 Å². The van der Waals surface area contributed by atoms with Crippen molar-refractivity contribution >= 4 is 18.3 Å². The van der Waals surface area contributed by atoms with E-state index in [0.29, 0.717) is 5.91 Å². The van der Waals surface area contributed by atoms with Gasteiger partial charge in [0.1, 0.15) is 0 Å². The molecular weight excluding hydrogens is 298 g/mol. The fourth-order valence-corrected chi connectivity index (χ4v) is 3.77. The van der Waals surface area contributed by atoms with Crippen LogP contribution in [-0.4, -0.2) is 50.1 Å². The molecule has 1 amide bonds. The minimum atomic E-state index is 0. The first-order valence-corrected chi connectivity index (χ1v) is 9.00. The molecule has 2 rings (SSSR count). The van der Waals surface area contributed by atoms with E-state index in [0.717, 1.165) is 64.4 Å². The Hall–Kier alpha value is -0.320. The van der Waals surface area contributed by atoms with Crippen LogP contribution in [0.2, 0.25) is 0 Å². The first-order chi connectivity index (χ1) is 10.3. The lowest BCUT2D eigenvalue weighted by Crippen LogP contribution is -2.46. The lowest BCUT2D eigenvalue weighted by Gasteiger charge is -2.27. The molecule has 1 saturated carbocycles. The van der Waals surface area contributed by atoms with Gasteiger partial charge in [-0.15, -0.1) is 12.4 Å². The molecule has 2 N–H and O–H groups in total. The molecule has 1 unspecified atom stereocenters. The van der Waals surface area contributed by atoms with E-state index in [1.54, 1.807) is 0 Å². The predicted molar refractivity (Wildman–Crippen MR) is 94.5 cm³/mol. The van der Waals surface area contributed by atoms with Crippen LogP contribution in [0.1, 0.15) is 51.9 Å². The van der Waals surface area contributed by atoms with Crippen molar-refractivity contribution in [1.82, 2.24) is 15.5 Å². The van der Waals surface area contributed by atoms with Crippen molar-refractivity contribution in [2.45, 2.75) is 51.9 Å². The normalized spacial score (nSPS) is 21.3. The van der Waals surface area contributed by atoms with Gasteiger partial charge in [0, 0.05) is 45.2 Å². The number of rotatable bonds is 8. The number of halogens is 1. The van der Waals surface area contributed by atoms with Crippen LogP contribution in [-0.2, 0) is 4.79 Å². The topological polar surface area (TPSA) is 44.4 Å². The van der Waals surface area contributed by atoms with Gasteiger partial charge in [0.05, 0.1) is 0 Å². The lowest BCUT2D eigenvalue weighted by atomic mass is 9.89. The Bertz CT molecular complexity index is 302. The third kappa shape index (κ3) is 6.84. The van der Waals surface area contributed by atoms with Gasteiger partial charge in [0.15, 0.2) is 0 Å². The monoisotopic (exact) mass is 331 g/mol. The van der Waals surface area contributed by atoms with Crippen molar-refractivity contribution in [2.24, 2.45) is 11.8 Å². The molecule has 22 heavy (non-hydrogen) atoms. The lowest BCUT2D eigenvalue weighted by molar-refractivity contribution is -0.125. The van der Waals surface area contributed by atoms with Gasteiger partial charge in [-0.2, -0.15) is 0 Å². The average molecular weight is 332 g/mol. The van der Waals surface area contributed by atoms with Crippen molar-refractivity contribution in [3.8, 4) is 0 Å². The quantitative estimate of drug-likeness (QED) is 0.718. The number of nitrogens with zero attached hydrogens (tertiary/aromatic N) is 1. The summed E-state index contributed by atoms with van der Waals surface area (Å²) in [6.45, 7) is 8.36. The SMILES string of the molecule is CCCC(CC1CCCC1)C(=O)NCCN1CCNCC1.Cl. The van der Waals surface area contributed by atoms with Gasteiger partial charge in [-0.25, -0.2) is 0 Å². The highest BCUT2D eigenvalue weighted by atomic mass is 35.5. The zero-order valence-corrected chi connectivity index (χ0v) is 14.9. The summed E-state index contributed by atoms with van der Waals surface area (Å²) >= 11 is 0. The summed E-state index contributed by atoms with van der Waals surface area (Å²) < 4.78 is 0. The Balaban J connectivity index is 0.00000242. The second kappa shape index (κ2) is 11.3. The zero-order chi connectivity index (χ0) is 14.9. The Labute approximate surface area is 142 Å². The maximum Gasteiger partial charge on any atom is 0.223 e. The van der Waals surface area contributed by atoms with E-state index in [1.165, 1.54) is 25.7 Å². The first kappa shape index (κ1) is 19.7. The van der Waals surface area contributed by atoms with E-state index >= 15 is 0 Å². The van der Waals surface area contributed by atoms with E-state index in [-0.39, 0.29) is 18.3 Å². The summed E-state index contributed by atoms with van der Waals surface area (Å²) in [6.07, 6.45) is 8.71. The number of carbonyl (C=O) groups excluding carboxylic acids is 1. The van der Waals surface area contributed by atoms with Crippen molar-refractivity contribution in [1.29, 1.82) is 0 Å². The number of piperazine rings is 1. The van der Waals surface area contributed by atoms with E-state index in [9.17, 15) is 4.79 Å². The highest BCUT2D eigenvalue weighted by molar-refractivity contribution is 5.85. The minimum absolute atomic E-state index is 0. The zero-order valence-electron chi connectivity index (χ0n) is 14.1. The number of amides is 1. The van der Waals surface area contributed by atoms with Crippen LogP contribution < -0.4 is 10.6 Å². The van der Waals surface area contributed by atoms with Crippen LogP contribution in [0, 0.1) is 11.8 Å². The molecule has 2 fully saturated rings. The Morgan fingerprint density at radius 3 is 2.59 bits per heavy atom. The molecule has 1 aliphatic carbocycles. The van der Waals surface area contributed by atoms with E-state index < -0.39 is 0 Å². The third-order valence-corrected chi connectivity index (χ3v) is 5.04. The van der Waals surface area contributed by atoms with Gasteiger partial charge in [-0.1, -0.05) is 39.0 Å². The van der Waals surface area contributed by atoms with Crippen molar-refractivity contribution in [3.05, 3.63) is 0 Å². The second-order valence-electron chi connectivity index (χ2n) is 6.75. The fourth-order valence-electron chi connectivity index (χ4n) is 3.77. The average Bonchev–Trinajstić information content (AvgIpc) is 3.01. The molecule has 130 valence electrons. The summed E-state index contributed by atoms with van der Waals surface area (Å²) in [6, 6.07) is 0.